The van der Waals surface area contributed by atoms with Gasteiger partial charge in [0.05, 0.1) is 5.52 Å². The molecule has 17 heavy (non-hydrogen) atoms. The molecule has 84 valence electrons. The van der Waals surface area contributed by atoms with Gasteiger partial charge in [-0.2, -0.15) is 5.10 Å². The number of benzene rings is 2. The molecule has 3 nitrogen and oxygen atoms in total. The fourth-order valence-corrected chi connectivity index (χ4v) is 1.93. The first-order chi connectivity index (χ1) is 8.24. The molecule has 3 heteroatoms. The second-order valence-electron chi connectivity index (χ2n) is 4.17. The lowest BCUT2D eigenvalue weighted by molar-refractivity contribution is 0.476. The van der Waals surface area contributed by atoms with Crippen LogP contribution in [-0.2, 0) is 0 Å². The van der Waals surface area contributed by atoms with Crippen LogP contribution < -0.4 is 0 Å². The van der Waals surface area contributed by atoms with E-state index in [0.29, 0.717) is 0 Å². The Morgan fingerprint density at radius 3 is 2.59 bits per heavy atom. The number of aryl methyl sites for hydroxylation is 1. The Kier molecular flexibility index (Phi) is 2.11. The molecular weight excluding hydrogens is 212 g/mol. The van der Waals surface area contributed by atoms with Gasteiger partial charge in [-0.15, -0.1) is 0 Å². The highest BCUT2D eigenvalue weighted by molar-refractivity contribution is 5.93. The number of nitrogens with zero attached hydrogens (tertiary/aromatic N) is 1. The Bertz CT molecular complexity index is 668. The molecule has 0 unspecified atom stereocenters. The van der Waals surface area contributed by atoms with Gasteiger partial charge >= 0.3 is 0 Å². The van der Waals surface area contributed by atoms with Gasteiger partial charge in [-0.1, -0.05) is 29.8 Å². The summed E-state index contributed by atoms with van der Waals surface area (Å²) in [4.78, 5) is 0. The number of aromatic hydroxyl groups is 1. The van der Waals surface area contributed by atoms with Gasteiger partial charge in [-0.25, -0.2) is 0 Å². The summed E-state index contributed by atoms with van der Waals surface area (Å²) in [6, 6.07) is 13.4. The van der Waals surface area contributed by atoms with Crippen LogP contribution in [0.5, 0.6) is 5.75 Å². The van der Waals surface area contributed by atoms with E-state index in [-0.39, 0.29) is 5.75 Å². The van der Waals surface area contributed by atoms with E-state index in [1.54, 1.807) is 12.1 Å². The van der Waals surface area contributed by atoms with Gasteiger partial charge in [-0.3, -0.25) is 5.10 Å². The van der Waals surface area contributed by atoms with Crippen molar-refractivity contribution in [3.05, 3.63) is 48.0 Å². The Morgan fingerprint density at radius 1 is 1.06 bits per heavy atom. The molecule has 0 bridgehead atoms. The van der Waals surface area contributed by atoms with E-state index in [1.165, 1.54) is 5.56 Å². The number of aromatic nitrogens is 2. The standard InChI is InChI=1S/C14H12N2O/c1-9-2-4-10(5-3-9)14-12-8-11(17)6-7-13(12)15-16-14/h2-8,17H,1H3,(H,15,16). The van der Waals surface area contributed by atoms with Crippen LogP contribution in [0.25, 0.3) is 22.2 Å². The summed E-state index contributed by atoms with van der Waals surface area (Å²) in [6.45, 7) is 2.05. The highest BCUT2D eigenvalue weighted by atomic mass is 16.3. The van der Waals surface area contributed by atoms with Crippen molar-refractivity contribution in [1.29, 1.82) is 0 Å². The van der Waals surface area contributed by atoms with Gasteiger partial charge in [0.2, 0.25) is 0 Å². The number of hydrogen-bond donors (Lipinski definition) is 2. The lowest BCUT2D eigenvalue weighted by Gasteiger charge is -1.99. The number of hydrogen-bond acceptors (Lipinski definition) is 2. The number of fused-ring (bicyclic) bond motifs is 1. The molecule has 0 spiro atoms. The lowest BCUT2D eigenvalue weighted by Crippen LogP contribution is -1.79. The molecule has 0 atom stereocenters. The fraction of sp³-hybridized carbons (Fsp3) is 0.0714. The number of rotatable bonds is 1. The Balaban J connectivity index is 2.23. The Hall–Kier alpha value is -2.29. The van der Waals surface area contributed by atoms with Gasteiger partial charge in [-0.05, 0) is 25.1 Å². The molecule has 0 radical (unpaired) electrons. The SMILES string of the molecule is Cc1ccc(-c2n[nH]c3ccc(O)cc23)cc1. The van der Waals surface area contributed by atoms with Crippen LogP contribution >= 0.6 is 0 Å². The predicted octanol–water partition coefficient (Wildman–Crippen LogP) is 3.24. The van der Waals surface area contributed by atoms with Crippen LogP contribution in [0.1, 0.15) is 5.56 Å². The van der Waals surface area contributed by atoms with E-state index in [2.05, 4.69) is 29.3 Å². The molecule has 0 saturated carbocycles. The van der Waals surface area contributed by atoms with Crippen LogP contribution in [0.4, 0.5) is 0 Å². The van der Waals surface area contributed by atoms with Crippen molar-refractivity contribution in [3.63, 3.8) is 0 Å². The number of phenols is 1. The van der Waals surface area contributed by atoms with Crippen molar-refractivity contribution in [2.45, 2.75) is 6.92 Å². The van der Waals surface area contributed by atoms with Gasteiger partial charge < -0.3 is 5.11 Å². The average Bonchev–Trinajstić information content (AvgIpc) is 2.73. The molecule has 1 heterocycles. The summed E-state index contributed by atoms with van der Waals surface area (Å²) in [7, 11) is 0. The maximum absolute atomic E-state index is 9.52. The monoisotopic (exact) mass is 224 g/mol. The number of aromatic amines is 1. The molecule has 0 fully saturated rings. The zero-order valence-corrected chi connectivity index (χ0v) is 9.44. The highest BCUT2D eigenvalue weighted by Crippen LogP contribution is 2.28. The maximum Gasteiger partial charge on any atom is 0.116 e. The van der Waals surface area contributed by atoms with E-state index in [4.69, 9.17) is 0 Å². The highest BCUT2D eigenvalue weighted by Gasteiger charge is 2.08. The minimum atomic E-state index is 0.257. The van der Waals surface area contributed by atoms with E-state index in [1.807, 2.05) is 18.2 Å². The molecule has 2 N–H and O–H groups in total. The van der Waals surface area contributed by atoms with E-state index in [0.717, 1.165) is 22.2 Å². The minimum absolute atomic E-state index is 0.257. The van der Waals surface area contributed by atoms with Crippen molar-refractivity contribution >= 4 is 10.9 Å². The zero-order chi connectivity index (χ0) is 11.8. The molecule has 3 rings (SSSR count). The van der Waals surface area contributed by atoms with E-state index >= 15 is 0 Å². The second kappa shape index (κ2) is 3.63. The fourth-order valence-electron chi connectivity index (χ4n) is 1.93. The van der Waals surface area contributed by atoms with Crippen LogP contribution in [0.3, 0.4) is 0 Å². The average molecular weight is 224 g/mol. The van der Waals surface area contributed by atoms with Crippen LogP contribution in [0.15, 0.2) is 42.5 Å². The third-order valence-electron chi connectivity index (χ3n) is 2.87. The second-order valence-corrected chi connectivity index (χ2v) is 4.17. The summed E-state index contributed by atoms with van der Waals surface area (Å²) in [5, 5.41) is 17.7. The molecule has 0 aliphatic rings. The molecule has 2 aromatic carbocycles. The van der Waals surface area contributed by atoms with Crippen molar-refractivity contribution in [3.8, 4) is 17.0 Å². The minimum Gasteiger partial charge on any atom is -0.508 e. The predicted molar refractivity (Wildman–Crippen MR) is 67.9 cm³/mol. The number of H-pyrrole nitrogens is 1. The third kappa shape index (κ3) is 1.65. The Morgan fingerprint density at radius 2 is 1.82 bits per heavy atom. The van der Waals surface area contributed by atoms with Crippen molar-refractivity contribution in [2.75, 3.05) is 0 Å². The first-order valence-corrected chi connectivity index (χ1v) is 5.48. The van der Waals surface area contributed by atoms with Crippen molar-refractivity contribution in [2.24, 2.45) is 0 Å². The number of nitrogens with one attached hydrogen (secondary N) is 1. The summed E-state index contributed by atoms with van der Waals surface area (Å²) in [5.41, 5.74) is 4.07. The molecule has 0 aliphatic carbocycles. The normalized spacial score (nSPS) is 10.9. The van der Waals surface area contributed by atoms with Gasteiger partial charge in [0.15, 0.2) is 0 Å². The largest absolute Gasteiger partial charge is 0.508 e. The topological polar surface area (TPSA) is 48.9 Å². The van der Waals surface area contributed by atoms with E-state index < -0.39 is 0 Å². The molecule has 0 aliphatic heterocycles. The summed E-state index contributed by atoms with van der Waals surface area (Å²) < 4.78 is 0. The first kappa shape index (κ1) is 9.90. The van der Waals surface area contributed by atoms with Gasteiger partial charge in [0.1, 0.15) is 11.4 Å². The lowest BCUT2D eigenvalue weighted by atomic mass is 10.1. The number of phenolic OH excluding ortho intramolecular Hbond substituents is 1. The molecular formula is C14H12N2O. The molecule has 0 amide bonds. The molecule has 0 saturated heterocycles. The summed E-state index contributed by atoms with van der Waals surface area (Å²) >= 11 is 0. The quantitative estimate of drug-likeness (QED) is 0.666. The summed E-state index contributed by atoms with van der Waals surface area (Å²) in [5.74, 6) is 0.257. The van der Waals surface area contributed by atoms with Crippen LogP contribution in [0.2, 0.25) is 0 Å². The van der Waals surface area contributed by atoms with Gasteiger partial charge in [0, 0.05) is 10.9 Å². The molecule has 1 aromatic heterocycles. The zero-order valence-electron chi connectivity index (χ0n) is 9.44. The van der Waals surface area contributed by atoms with Crippen LogP contribution in [-0.4, -0.2) is 15.3 Å². The van der Waals surface area contributed by atoms with Crippen molar-refractivity contribution in [1.82, 2.24) is 10.2 Å². The summed E-state index contributed by atoms with van der Waals surface area (Å²) in [6.07, 6.45) is 0. The van der Waals surface area contributed by atoms with Crippen LogP contribution in [0, 0.1) is 6.92 Å². The first-order valence-electron chi connectivity index (χ1n) is 5.48. The van der Waals surface area contributed by atoms with Crippen molar-refractivity contribution < 1.29 is 5.11 Å². The maximum atomic E-state index is 9.52. The van der Waals surface area contributed by atoms with E-state index in [9.17, 15) is 5.11 Å². The third-order valence-corrected chi connectivity index (χ3v) is 2.87. The van der Waals surface area contributed by atoms with Gasteiger partial charge in [0.25, 0.3) is 0 Å². The molecule has 3 aromatic rings. The Labute approximate surface area is 98.7 Å². The smallest absolute Gasteiger partial charge is 0.116 e.